The van der Waals surface area contributed by atoms with Crippen LogP contribution in [0, 0.1) is 0 Å². The third-order valence-corrected chi connectivity index (χ3v) is 6.15. The van der Waals surface area contributed by atoms with Crippen molar-refractivity contribution in [2.75, 3.05) is 13.7 Å². The zero-order chi connectivity index (χ0) is 19.4. The highest BCUT2D eigenvalue weighted by Crippen LogP contribution is 2.39. The number of aromatic nitrogens is 1. The fourth-order valence-corrected chi connectivity index (χ4v) is 4.61. The van der Waals surface area contributed by atoms with E-state index in [2.05, 4.69) is 64.6 Å². The predicted octanol–water partition coefficient (Wildman–Crippen LogP) is 4.59. The van der Waals surface area contributed by atoms with Crippen LogP contribution < -0.4 is 10.1 Å². The number of hydrogen-bond acceptors (Lipinski definition) is 3. The minimum absolute atomic E-state index is 0.0422. The second kappa shape index (κ2) is 8.38. The van der Waals surface area contributed by atoms with Crippen LogP contribution in [0.15, 0.2) is 54.7 Å². The fraction of sp³-hybridized carbons (Fsp3) is 0.417. The van der Waals surface area contributed by atoms with E-state index in [0.717, 1.165) is 25.3 Å². The monoisotopic (exact) mass is 378 g/mol. The first kappa shape index (κ1) is 19.0. The van der Waals surface area contributed by atoms with Crippen molar-refractivity contribution in [3.63, 3.8) is 0 Å². The molecule has 4 rings (SSSR count). The highest BCUT2D eigenvalue weighted by molar-refractivity contribution is 5.83. The van der Waals surface area contributed by atoms with Gasteiger partial charge in [-0.3, -0.25) is 0 Å². The molecule has 1 heterocycles. The maximum atomic E-state index is 9.22. The van der Waals surface area contributed by atoms with Crippen LogP contribution in [0.3, 0.4) is 0 Å². The summed E-state index contributed by atoms with van der Waals surface area (Å²) in [5.74, 6) is 0.906. The van der Waals surface area contributed by atoms with E-state index in [1.807, 2.05) is 0 Å². The molecular formula is C24H30N2O2. The van der Waals surface area contributed by atoms with Gasteiger partial charge in [0.1, 0.15) is 5.75 Å². The quantitative estimate of drug-likeness (QED) is 0.603. The molecule has 1 saturated carbocycles. The molecule has 148 valence electrons. The van der Waals surface area contributed by atoms with Crippen molar-refractivity contribution in [3.8, 4) is 5.75 Å². The van der Waals surface area contributed by atoms with Gasteiger partial charge in [-0.15, -0.1) is 0 Å². The summed E-state index contributed by atoms with van der Waals surface area (Å²) in [5, 5.41) is 14.4. The van der Waals surface area contributed by atoms with Gasteiger partial charge in [0.05, 0.1) is 7.11 Å². The predicted molar refractivity (Wildman–Crippen MR) is 114 cm³/mol. The number of aryl methyl sites for hydroxylation is 1. The van der Waals surface area contributed by atoms with Crippen LogP contribution in [0.1, 0.15) is 43.2 Å². The Balaban J connectivity index is 1.59. The van der Waals surface area contributed by atoms with Crippen LogP contribution in [0.2, 0.25) is 0 Å². The Labute approximate surface area is 167 Å². The molecule has 3 aromatic rings. The van der Waals surface area contributed by atoms with E-state index in [1.165, 1.54) is 47.7 Å². The molecule has 0 bridgehead atoms. The van der Waals surface area contributed by atoms with Gasteiger partial charge >= 0.3 is 0 Å². The Morgan fingerprint density at radius 2 is 1.82 bits per heavy atom. The van der Waals surface area contributed by atoms with Crippen molar-refractivity contribution in [1.29, 1.82) is 0 Å². The van der Waals surface area contributed by atoms with E-state index in [0.29, 0.717) is 0 Å². The molecule has 0 radical (unpaired) electrons. The Bertz CT molecular complexity index is 908. The van der Waals surface area contributed by atoms with Crippen molar-refractivity contribution < 1.29 is 9.84 Å². The number of aliphatic hydroxyl groups is 1. The molecule has 0 saturated heterocycles. The van der Waals surface area contributed by atoms with Gasteiger partial charge in [0.25, 0.3) is 0 Å². The molecular weight excluding hydrogens is 348 g/mol. The molecule has 4 nitrogen and oxygen atoms in total. The number of aliphatic hydroxyl groups excluding tert-OH is 1. The molecule has 0 spiro atoms. The number of hydrogen-bond donors (Lipinski definition) is 2. The van der Waals surface area contributed by atoms with Crippen LogP contribution in [0.25, 0.3) is 10.9 Å². The second-order valence-corrected chi connectivity index (χ2v) is 7.81. The molecule has 0 unspecified atom stereocenters. The van der Waals surface area contributed by atoms with E-state index >= 15 is 0 Å². The van der Waals surface area contributed by atoms with Gasteiger partial charge in [0.2, 0.25) is 0 Å². The van der Waals surface area contributed by atoms with Gasteiger partial charge in [-0.05, 0) is 48.6 Å². The van der Waals surface area contributed by atoms with Crippen molar-refractivity contribution in [2.45, 2.75) is 50.7 Å². The number of fused-ring (bicyclic) bond motifs is 1. The lowest BCUT2D eigenvalue weighted by atomic mass is 9.88. The molecule has 4 heteroatoms. The standard InChI is InChI=1S/C24H30N2O2/c1-28-21-11-9-20(10-12-21)24(13-4-5-14-24)25-17-19-18-26(15-6-16-27)23-8-3-2-7-22(19)23/h2-3,7-12,18,25,27H,4-6,13-17H2,1H3. The normalized spacial score (nSPS) is 15.9. The van der Waals surface area contributed by atoms with Crippen LogP contribution in [0.5, 0.6) is 5.75 Å². The number of para-hydroxylation sites is 1. The molecule has 1 aliphatic rings. The van der Waals surface area contributed by atoms with Crippen molar-refractivity contribution in [3.05, 3.63) is 65.9 Å². The summed E-state index contributed by atoms with van der Waals surface area (Å²) in [5.41, 5.74) is 3.97. The van der Waals surface area contributed by atoms with Crippen molar-refractivity contribution >= 4 is 10.9 Å². The largest absolute Gasteiger partial charge is 0.497 e. The Hall–Kier alpha value is -2.30. The molecule has 0 amide bonds. The molecule has 1 aliphatic carbocycles. The minimum atomic E-state index is 0.0422. The highest BCUT2D eigenvalue weighted by atomic mass is 16.5. The number of ether oxygens (including phenoxy) is 1. The zero-order valence-electron chi connectivity index (χ0n) is 16.7. The second-order valence-electron chi connectivity index (χ2n) is 7.81. The first-order chi connectivity index (χ1) is 13.8. The van der Waals surface area contributed by atoms with E-state index in [1.54, 1.807) is 7.11 Å². The van der Waals surface area contributed by atoms with Gasteiger partial charge in [0, 0.05) is 42.3 Å². The van der Waals surface area contributed by atoms with Crippen LogP contribution in [-0.2, 0) is 18.6 Å². The maximum Gasteiger partial charge on any atom is 0.118 e. The maximum absolute atomic E-state index is 9.22. The molecule has 2 aromatic carbocycles. The molecule has 1 fully saturated rings. The Morgan fingerprint density at radius 3 is 2.54 bits per heavy atom. The number of nitrogens with zero attached hydrogens (tertiary/aromatic N) is 1. The first-order valence-corrected chi connectivity index (χ1v) is 10.3. The number of methoxy groups -OCH3 is 1. The summed E-state index contributed by atoms with van der Waals surface area (Å²) in [4.78, 5) is 0. The Kier molecular flexibility index (Phi) is 5.69. The highest BCUT2D eigenvalue weighted by Gasteiger charge is 2.35. The first-order valence-electron chi connectivity index (χ1n) is 10.3. The third kappa shape index (κ3) is 3.67. The number of nitrogens with one attached hydrogen (secondary N) is 1. The fourth-order valence-electron chi connectivity index (χ4n) is 4.61. The molecule has 28 heavy (non-hydrogen) atoms. The average Bonchev–Trinajstić information content (AvgIpc) is 3.37. The number of benzene rings is 2. The van der Waals surface area contributed by atoms with Gasteiger partial charge < -0.3 is 19.7 Å². The van der Waals surface area contributed by atoms with Gasteiger partial charge in [-0.1, -0.05) is 43.2 Å². The SMILES string of the molecule is COc1ccc(C2(NCc3cn(CCCO)c4ccccc34)CCCC2)cc1. The zero-order valence-corrected chi connectivity index (χ0v) is 16.7. The summed E-state index contributed by atoms with van der Waals surface area (Å²) in [7, 11) is 1.71. The summed E-state index contributed by atoms with van der Waals surface area (Å²) >= 11 is 0. The van der Waals surface area contributed by atoms with Crippen LogP contribution in [0.4, 0.5) is 0 Å². The van der Waals surface area contributed by atoms with Gasteiger partial charge in [-0.2, -0.15) is 0 Å². The van der Waals surface area contributed by atoms with Gasteiger partial charge in [0.15, 0.2) is 0 Å². The minimum Gasteiger partial charge on any atom is -0.497 e. The van der Waals surface area contributed by atoms with Gasteiger partial charge in [-0.25, -0.2) is 0 Å². The summed E-state index contributed by atoms with van der Waals surface area (Å²) < 4.78 is 7.61. The van der Waals surface area contributed by atoms with Crippen LogP contribution in [-0.4, -0.2) is 23.4 Å². The lowest BCUT2D eigenvalue weighted by Crippen LogP contribution is -2.39. The van der Waals surface area contributed by atoms with E-state index in [-0.39, 0.29) is 12.1 Å². The smallest absolute Gasteiger partial charge is 0.118 e. The number of rotatable bonds is 8. The van der Waals surface area contributed by atoms with Crippen molar-refractivity contribution in [1.82, 2.24) is 9.88 Å². The lowest BCUT2D eigenvalue weighted by molar-refractivity contribution is 0.280. The van der Waals surface area contributed by atoms with E-state index in [4.69, 9.17) is 4.74 Å². The van der Waals surface area contributed by atoms with Crippen LogP contribution >= 0.6 is 0 Å². The molecule has 0 atom stereocenters. The molecule has 2 N–H and O–H groups in total. The molecule has 1 aromatic heterocycles. The van der Waals surface area contributed by atoms with E-state index < -0.39 is 0 Å². The van der Waals surface area contributed by atoms with Crippen molar-refractivity contribution in [2.24, 2.45) is 0 Å². The summed E-state index contributed by atoms with van der Waals surface area (Å²) in [6, 6.07) is 17.1. The molecule has 0 aliphatic heterocycles. The average molecular weight is 379 g/mol. The van der Waals surface area contributed by atoms with E-state index in [9.17, 15) is 5.11 Å². The Morgan fingerprint density at radius 1 is 1.07 bits per heavy atom. The summed E-state index contributed by atoms with van der Waals surface area (Å²) in [6.07, 6.45) is 7.89. The summed E-state index contributed by atoms with van der Waals surface area (Å²) in [6.45, 7) is 1.92. The third-order valence-electron chi connectivity index (χ3n) is 6.15. The topological polar surface area (TPSA) is 46.4 Å². The lowest BCUT2D eigenvalue weighted by Gasteiger charge is -2.31.